The van der Waals surface area contributed by atoms with Gasteiger partial charge in [-0.15, -0.1) is 0 Å². The summed E-state index contributed by atoms with van der Waals surface area (Å²) in [5, 5.41) is 0. The van der Waals surface area contributed by atoms with E-state index in [1.165, 1.54) is 5.56 Å². The van der Waals surface area contributed by atoms with Gasteiger partial charge in [-0.2, -0.15) is 0 Å². The van der Waals surface area contributed by atoms with Crippen molar-refractivity contribution < 1.29 is 0 Å². The molecule has 0 aliphatic rings. The van der Waals surface area contributed by atoms with Crippen molar-refractivity contribution >= 4 is 15.9 Å². The van der Waals surface area contributed by atoms with Crippen molar-refractivity contribution in [1.82, 2.24) is 9.97 Å². The molecule has 0 aliphatic heterocycles. The van der Waals surface area contributed by atoms with E-state index in [1.54, 1.807) is 0 Å². The quantitative estimate of drug-likeness (QED) is 0.765. The molecule has 2 nitrogen and oxygen atoms in total. The van der Waals surface area contributed by atoms with Crippen LogP contribution in [0, 0.1) is 0 Å². The van der Waals surface area contributed by atoms with Crippen LogP contribution in [0.4, 0.5) is 0 Å². The molecule has 14 heavy (non-hydrogen) atoms. The van der Waals surface area contributed by atoms with Crippen LogP contribution in [0.25, 0.3) is 0 Å². The first-order valence-corrected chi connectivity index (χ1v) is 5.14. The molecule has 3 heteroatoms. The first-order valence-electron chi connectivity index (χ1n) is 4.35. The van der Waals surface area contributed by atoms with Gasteiger partial charge in [0.25, 0.3) is 0 Å². The normalized spacial score (nSPS) is 10.1. The number of aromatic nitrogens is 2. The van der Waals surface area contributed by atoms with E-state index in [1.807, 2.05) is 30.6 Å². The maximum atomic E-state index is 4.08. The minimum atomic E-state index is 0.634. The molecular weight excluding hydrogens is 240 g/mol. The highest BCUT2D eigenvalue weighted by Gasteiger charge is 1.96. The first-order chi connectivity index (χ1) is 6.84. The predicted molar refractivity (Wildman–Crippen MR) is 59.0 cm³/mol. The molecule has 70 valence electrons. The highest BCUT2D eigenvalue weighted by Crippen LogP contribution is 2.08. The van der Waals surface area contributed by atoms with Gasteiger partial charge in [0.05, 0.1) is 0 Å². The van der Waals surface area contributed by atoms with Crippen LogP contribution < -0.4 is 0 Å². The third-order valence-electron chi connectivity index (χ3n) is 1.92. The molecule has 0 unspecified atom stereocenters. The van der Waals surface area contributed by atoms with E-state index in [0.717, 1.165) is 12.0 Å². The Morgan fingerprint density at radius 2 is 1.57 bits per heavy atom. The predicted octanol–water partition coefficient (Wildman–Crippen LogP) is 2.83. The Bertz CT molecular complexity index is 397. The summed E-state index contributed by atoms with van der Waals surface area (Å²) < 4.78 is 0.634. The second-order valence-electron chi connectivity index (χ2n) is 3.02. The van der Waals surface area contributed by atoms with E-state index in [9.17, 15) is 0 Å². The maximum Gasteiger partial charge on any atom is 0.196 e. The van der Waals surface area contributed by atoms with E-state index in [-0.39, 0.29) is 0 Å². The van der Waals surface area contributed by atoms with E-state index in [2.05, 4.69) is 38.0 Å². The van der Waals surface area contributed by atoms with Crippen molar-refractivity contribution in [3.63, 3.8) is 0 Å². The number of hydrogen-bond acceptors (Lipinski definition) is 2. The highest BCUT2D eigenvalue weighted by molar-refractivity contribution is 9.10. The van der Waals surface area contributed by atoms with Crippen LogP contribution in [0.1, 0.15) is 11.1 Å². The van der Waals surface area contributed by atoms with Gasteiger partial charge < -0.3 is 0 Å². The standard InChI is InChI=1S/C11H9BrN2/c12-11-13-7-10(8-14-11)6-9-4-2-1-3-5-9/h1-5,7-8H,6H2. The lowest BCUT2D eigenvalue weighted by atomic mass is 10.1. The van der Waals surface area contributed by atoms with E-state index >= 15 is 0 Å². The fraction of sp³-hybridized carbons (Fsp3) is 0.0909. The lowest BCUT2D eigenvalue weighted by molar-refractivity contribution is 1.04. The second-order valence-corrected chi connectivity index (χ2v) is 3.73. The average molecular weight is 249 g/mol. The Hall–Kier alpha value is -1.22. The molecular formula is C11H9BrN2. The Morgan fingerprint density at radius 3 is 2.21 bits per heavy atom. The second kappa shape index (κ2) is 4.33. The largest absolute Gasteiger partial charge is 0.230 e. The van der Waals surface area contributed by atoms with Crippen LogP contribution in [0.5, 0.6) is 0 Å². The topological polar surface area (TPSA) is 25.8 Å². The molecule has 0 fully saturated rings. The Labute approximate surface area is 91.2 Å². The zero-order chi connectivity index (χ0) is 9.80. The zero-order valence-electron chi connectivity index (χ0n) is 7.52. The van der Waals surface area contributed by atoms with Gasteiger partial charge >= 0.3 is 0 Å². The summed E-state index contributed by atoms with van der Waals surface area (Å²) in [6.45, 7) is 0. The van der Waals surface area contributed by atoms with Gasteiger partial charge in [-0.1, -0.05) is 30.3 Å². The molecule has 0 saturated carbocycles. The smallest absolute Gasteiger partial charge is 0.196 e. The highest BCUT2D eigenvalue weighted by atomic mass is 79.9. The molecule has 0 N–H and O–H groups in total. The molecule has 1 aromatic heterocycles. The molecule has 0 spiro atoms. The molecule has 2 aromatic rings. The molecule has 0 bridgehead atoms. The van der Waals surface area contributed by atoms with Gasteiger partial charge in [0.1, 0.15) is 0 Å². The summed E-state index contributed by atoms with van der Waals surface area (Å²) in [6.07, 6.45) is 4.56. The van der Waals surface area contributed by atoms with Gasteiger partial charge in [-0.05, 0) is 27.1 Å². The summed E-state index contributed by atoms with van der Waals surface area (Å²) in [6, 6.07) is 10.3. The molecule has 1 aromatic carbocycles. The van der Waals surface area contributed by atoms with Crippen molar-refractivity contribution in [1.29, 1.82) is 0 Å². The lowest BCUT2D eigenvalue weighted by Gasteiger charge is -2.00. The minimum absolute atomic E-state index is 0.634. The van der Waals surface area contributed by atoms with Gasteiger partial charge in [-0.25, -0.2) is 9.97 Å². The number of benzene rings is 1. The van der Waals surface area contributed by atoms with E-state index in [0.29, 0.717) is 4.73 Å². The third-order valence-corrected chi connectivity index (χ3v) is 2.33. The molecule has 2 rings (SSSR count). The third kappa shape index (κ3) is 2.39. The van der Waals surface area contributed by atoms with Gasteiger partial charge in [-0.3, -0.25) is 0 Å². The van der Waals surface area contributed by atoms with Gasteiger partial charge in [0.15, 0.2) is 4.73 Å². The molecule has 0 saturated heterocycles. The minimum Gasteiger partial charge on any atom is -0.230 e. The van der Waals surface area contributed by atoms with E-state index in [4.69, 9.17) is 0 Å². The Kier molecular flexibility index (Phi) is 2.89. The van der Waals surface area contributed by atoms with Crippen LogP contribution in [0.2, 0.25) is 0 Å². The number of hydrogen-bond donors (Lipinski definition) is 0. The fourth-order valence-corrected chi connectivity index (χ4v) is 1.47. The fourth-order valence-electron chi connectivity index (χ4n) is 1.26. The summed E-state index contributed by atoms with van der Waals surface area (Å²) in [5.74, 6) is 0. The zero-order valence-corrected chi connectivity index (χ0v) is 9.11. The molecule has 0 atom stereocenters. The summed E-state index contributed by atoms with van der Waals surface area (Å²) in [5.41, 5.74) is 2.40. The number of rotatable bonds is 2. The van der Waals surface area contributed by atoms with Crippen LogP contribution in [0.3, 0.4) is 0 Å². The van der Waals surface area contributed by atoms with Crippen molar-refractivity contribution in [2.75, 3.05) is 0 Å². The van der Waals surface area contributed by atoms with Crippen LogP contribution in [-0.4, -0.2) is 9.97 Å². The van der Waals surface area contributed by atoms with Crippen molar-refractivity contribution in [3.8, 4) is 0 Å². The molecule has 1 heterocycles. The molecule has 0 amide bonds. The number of halogens is 1. The molecule has 0 radical (unpaired) electrons. The van der Waals surface area contributed by atoms with Crippen LogP contribution >= 0.6 is 15.9 Å². The summed E-state index contributed by atoms with van der Waals surface area (Å²) in [7, 11) is 0. The van der Waals surface area contributed by atoms with Crippen LogP contribution in [-0.2, 0) is 6.42 Å². The van der Waals surface area contributed by atoms with Gasteiger partial charge in [0, 0.05) is 18.8 Å². The lowest BCUT2D eigenvalue weighted by Crippen LogP contribution is -1.91. The van der Waals surface area contributed by atoms with Crippen LogP contribution in [0.15, 0.2) is 47.5 Å². The van der Waals surface area contributed by atoms with Crippen molar-refractivity contribution in [2.45, 2.75) is 6.42 Å². The summed E-state index contributed by atoms with van der Waals surface area (Å²) >= 11 is 3.21. The first kappa shape index (κ1) is 9.34. The Balaban J connectivity index is 2.16. The average Bonchev–Trinajstić information content (AvgIpc) is 2.23. The van der Waals surface area contributed by atoms with Crippen molar-refractivity contribution in [2.24, 2.45) is 0 Å². The van der Waals surface area contributed by atoms with Gasteiger partial charge in [0.2, 0.25) is 0 Å². The monoisotopic (exact) mass is 248 g/mol. The summed E-state index contributed by atoms with van der Waals surface area (Å²) in [4.78, 5) is 8.16. The van der Waals surface area contributed by atoms with E-state index < -0.39 is 0 Å². The maximum absolute atomic E-state index is 4.08. The molecule has 0 aliphatic carbocycles. The SMILES string of the molecule is Brc1ncc(Cc2ccccc2)cn1. The van der Waals surface area contributed by atoms with Crippen molar-refractivity contribution in [3.05, 3.63) is 58.6 Å². The Morgan fingerprint density at radius 1 is 0.929 bits per heavy atom. The number of nitrogens with zero attached hydrogens (tertiary/aromatic N) is 2.